The predicted octanol–water partition coefficient (Wildman–Crippen LogP) is 4.68. The number of halogens is 1. The Kier molecular flexibility index (Phi) is 4.67. The lowest BCUT2D eigenvalue weighted by Gasteiger charge is -2.08. The summed E-state index contributed by atoms with van der Waals surface area (Å²) in [6.45, 7) is 3.97. The molecule has 0 N–H and O–H groups in total. The highest BCUT2D eigenvalue weighted by Crippen LogP contribution is 2.29. The summed E-state index contributed by atoms with van der Waals surface area (Å²) in [5.41, 5.74) is 3.78. The van der Waals surface area contributed by atoms with Crippen LogP contribution in [0.15, 0.2) is 54.6 Å². The van der Waals surface area contributed by atoms with Crippen molar-refractivity contribution in [3.8, 4) is 16.9 Å². The molecule has 5 heteroatoms. The van der Waals surface area contributed by atoms with Crippen molar-refractivity contribution in [1.82, 2.24) is 9.78 Å². The molecule has 0 radical (unpaired) electrons. The summed E-state index contributed by atoms with van der Waals surface area (Å²) in [4.78, 5) is 12.2. The van der Waals surface area contributed by atoms with Crippen molar-refractivity contribution in [1.29, 1.82) is 0 Å². The van der Waals surface area contributed by atoms with Crippen molar-refractivity contribution < 1.29 is 9.53 Å². The standard InChI is InChI=1S/C19H17ClN2O2/c1-3-24-19(23)17-13(2)18(14-7-5-4-6-8-14)22(21-17)16-11-9-15(20)10-12-16/h4-12H,3H2,1-2H3. The third-order valence-electron chi connectivity index (χ3n) is 3.71. The number of nitrogens with zero attached hydrogens (tertiary/aromatic N) is 2. The van der Waals surface area contributed by atoms with Crippen LogP contribution < -0.4 is 0 Å². The van der Waals surface area contributed by atoms with Crippen LogP contribution in [0.5, 0.6) is 0 Å². The van der Waals surface area contributed by atoms with Crippen LogP contribution in [0.1, 0.15) is 23.0 Å². The van der Waals surface area contributed by atoms with Gasteiger partial charge < -0.3 is 4.74 Å². The molecule has 0 amide bonds. The molecule has 0 fully saturated rings. The van der Waals surface area contributed by atoms with Gasteiger partial charge in [0.05, 0.1) is 18.0 Å². The van der Waals surface area contributed by atoms with Gasteiger partial charge in [0.15, 0.2) is 5.69 Å². The lowest BCUT2D eigenvalue weighted by atomic mass is 10.1. The molecule has 0 unspecified atom stereocenters. The Morgan fingerprint density at radius 2 is 1.79 bits per heavy atom. The molecule has 0 saturated carbocycles. The average Bonchev–Trinajstić information content (AvgIpc) is 2.94. The highest BCUT2D eigenvalue weighted by molar-refractivity contribution is 6.30. The van der Waals surface area contributed by atoms with Gasteiger partial charge in [-0.05, 0) is 38.1 Å². The Hall–Kier alpha value is -2.59. The second-order valence-corrected chi connectivity index (χ2v) is 5.73. The quantitative estimate of drug-likeness (QED) is 0.648. The van der Waals surface area contributed by atoms with Gasteiger partial charge in [0.25, 0.3) is 0 Å². The van der Waals surface area contributed by atoms with E-state index in [1.807, 2.05) is 49.4 Å². The Morgan fingerprint density at radius 3 is 2.42 bits per heavy atom. The van der Waals surface area contributed by atoms with Gasteiger partial charge in [-0.3, -0.25) is 0 Å². The average molecular weight is 341 g/mol. The summed E-state index contributed by atoms with van der Waals surface area (Å²) in [6, 6.07) is 17.2. The number of esters is 1. The monoisotopic (exact) mass is 340 g/mol. The zero-order valence-corrected chi connectivity index (χ0v) is 14.2. The minimum absolute atomic E-state index is 0.312. The number of ether oxygens (including phenoxy) is 1. The summed E-state index contributed by atoms with van der Waals surface area (Å²) in [7, 11) is 0. The van der Waals surface area contributed by atoms with E-state index < -0.39 is 5.97 Å². The lowest BCUT2D eigenvalue weighted by molar-refractivity contribution is 0.0518. The number of benzene rings is 2. The molecule has 1 aromatic heterocycles. The SMILES string of the molecule is CCOC(=O)c1nn(-c2ccc(Cl)cc2)c(-c2ccccc2)c1C. The summed E-state index contributed by atoms with van der Waals surface area (Å²) < 4.78 is 6.89. The van der Waals surface area contributed by atoms with Gasteiger partial charge in [-0.2, -0.15) is 5.10 Å². The van der Waals surface area contributed by atoms with E-state index in [0.717, 1.165) is 22.5 Å². The molecule has 4 nitrogen and oxygen atoms in total. The Balaban J connectivity index is 2.21. The van der Waals surface area contributed by atoms with E-state index in [-0.39, 0.29) is 0 Å². The maximum Gasteiger partial charge on any atom is 0.359 e. The van der Waals surface area contributed by atoms with Crippen LogP contribution in [0.2, 0.25) is 5.02 Å². The predicted molar refractivity (Wildman–Crippen MR) is 94.7 cm³/mol. The van der Waals surface area contributed by atoms with E-state index >= 15 is 0 Å². The molecule has 0 atom stereocenters. The van der Waals surface area contributed by atoms with Gasteiger partial charge in [0, 0.05) is 16.1 Å². The van der Waals surface area contributed by atoms with E-state index in [9.17, 15) is 4.79 Å². The summed E-state index contributed by atoms with van der Waals surface area (Å²) in [6.07, 6.45) is 0. The van der Waals surface area contributed by atoms with Gasteiger partial charge in [0.1, 0.15) is 0 Å². The van der Waals surface area contributed by atoms with E-state index in [1.165, 1.54) is 0 Å². The zero-order valence-electron chi connectivity index (χ0n) is 13.5. The van der Waals surface area contributed by atoms with E-state index in [0.29, 0.717) is 17.3 Å². The second-order valence-electron chi connectivity index (χ2n) is 5.30. The number of hydrogen-bond acceptors (Lipinski definition) is 3. The maximum atomic E-state index is 12.2. The molecule has 0 aliphatic heterocycles. The van der Waals surface area contributed by atoms with Crippen molar-refractivity contribution in [3.63, 3.8) is 0 Å². The normalized spacial score (nSPS) is 10.6. The highest BCUT2D eigenvalue weighted by Gasteiger charge is 2.22. The van der Waals surface area contributed by atoms with Gasteiger partial charge in [0.2, 0.25) is 0 Å². The van der Waals surface area contributed by atoms with Gasteiger partial charge in [-0.15, -0.1) is 0 Å². The molecule has 122 valence electrons. The maximum absolute atomic E-state index is 12.2. The minimum Gasteiger partial charge on any atom is -0.461 e. The molecular weight excluding hydrogens is 324 g/mol. The Labute approximate surface area is 145 Å². The number of hydrogen-bond donors (Lipinski definition) is 0. The first-order valence-corrected chi connectivity index (χ1v) is 8.07. The number of rotatable bonds is 4. The molecule has 0 saturated heterocycles. The zero-order chi connectivity index (χ0) is 17.1. The first kappa shape index (κ1) is 16.3. The van der Waals surface area contributed by atoms with Gasteiger partial charge in [-0.25, -0.2) is 9.48 Å². The van der Waals surface area contributed by atoms with Crippen molar-refractivity contribution in [2.24, 2.45) is 0 Å². The van der Waals surface area contributed by atoms with Crippen LogP contribution in [0.25, 0.3) is 16.9 Å². The first-order chi connectivity index (χ1) is 11.6. The Bertz CT molecular complexity index is 855. The number of carbonyl (C=O) groups is 1. The van der Waals surface area contributed by atoms with E-state index in [1.54, 1.807) is 23.7 Å². The molecule has 0 spiro atoms. The number of carbonyl (C=O) groups excluding carboxylic acids is 1. The third-order valence-corrected chi connectivity index (χ3v) is 3.96. The third kappa shape index (κ3) is 3.05. The highest BCUT2D eigenvalue weighted by atomic mass is 35.5. The fourth-order valence-electron chi connectivity index (χ4n) is 2.59. The van der Waals surface area contributed by atoms with Crippen LogP contribution in [-0.4, -0.2) is 22.4 Å². The van der Waals surface area contributed by atoms with Crippen LogP contribution >= 0.6 is 11.6 Å². The molecule has 1 heterocycles. The minimum atomic E-state index is -0.417. The lowest BCUT2D eigenvalue weighted by Crippen LogP contribution is -2.07. The number of aromatic nitrogens is 2. The van der Waals surface area contributed by atoms with Crippen LogP contribution in [0.4, 0.5) is 0 Å². The van der Waals surface area contributed by atoms with Gasteiger partial charge in [-0.1, -0.05) is 41.9 Å². The van der Waals surface area contributed by atoms with Gasteiger partial charge >= 0.3 is 5.97 Å². The topological polar surface area (TPSA) is 44.1 Å². The largest absolute Gasteiger partial charge is 0.461 e. The van der Waals surface area contributed by atoms with Crippen molar-refractivity contribution in [2.45, 2.75) is 13.8 Å². The fraction of sp³-hybridized carbons (Fsp3) is 0.158. The summed E-state index contributed by atoms with van der Waals surface area (Å²) >= 11 is 5.98. The summed E-state index contributed by atoms with van der Waals surface area (Å²) in [5, 5.41) is 5.15. The van der Waals surface area contributed by atoms with E-state index in [4.69, 9.17) is 16.3 Å². The van der Waals surface area contributed by atoms with Crippen LogP contribution in [-0.2, 0) is 4.74 Å². The molecule has 0 aliphatic rings. The molecule has 0 aliphatic carbocycles. The van der Waals surface area contributed by atoms with Crippen molar-refractivity contribution in [2.75, 3.05) is 6.61 Å². The molecule has 2 aromatic carbocycles. The molecule has 24 heavy (non-hydrogen) atoms. The molecular formula is C19H17ClN2O2. The second kappa shape index (κ2) is 6.89. The molecule has 3 rings (SSSR count). The van der Waals surface area contributed by atoms with Crippen LogP contribution in [0.3, 0.4) is 0 Å². The molecule has 0 bridgehead atoms. The van der Waals surface area contributed by atoms with Crippen molar-refractivity contribution >= 4 is 17.6 Å². The van der Waals surface area contributed by atoms with E-state index in [2.05, 4.69) is 5.10 Å². The first-order valence-electron chi connectivity index (χ1n) is 7.70. The van der Waals surface area contributed by atoms with Crippen molar-refractivity contribution in [3.05, 3.63) is 70.9 Å². The molecule has 3 aromatic rings. The fourth-order valence-corrected chi connectivity index (χ4v) is 2.72. The smallest absolute Gasteiger partial charge is 0.359 e. The Morgan fingerprint density at radius 1 is 1.12 bits per heavy atom. The van der Waals surface area contributed by atoms with Crippen LogP contribution in [0, 0.1) is 6.92 Å². The summed E-state index contributed by atoms with van der Waals surface area (Å²) in [5.74, 6) is -0.417.